The maximum atomic E-state index is 9.38. The van der Waals surface area contributed by atoms with Crippen LogP contribution in [0.3, 0.4) is 0 Å². The first kappa shape index (κ1) is 9.88. The molecule has 0 aromatic heterocycles. The molecule has 5 N–H and O–H groups in total. The number of piperidine rings is 1. The minimum atomic E-state index is -0.970. The van der Waals surface area contributed by atoms with Gasteiger partial charge < -0.3 is 25.7 Å². The zero-order valence-electron chi connectivity index (χ0n) is 6.72. The van der Waals surface area contributed by atoms with Gasteiger partial charge in [0.05, 0.1) is 24.9 Å². The molecule has 5 nitrogen and oxygen atoms in total. The van der Waals surface area contributed by atoms with Gasteiger partial charge in [0, 0.05) is 19.0 Å². The number of hydrogen-bond donors (Lipinski definition) is 5. The molecule has 4 atom stereocenters. The smallest absolute Gasteiger partial charge is 0.0927 e. The summed E-state index contributed by atoms with van der Waals surface area (Å²) in [5, 5.41) is 39.2. The number of nitrogens with one attached hydrogen (secondary N) is 1. The number of aliphatic hydroxyl groups is 4. The molecule has 0 amide bonds. The van der Waals surface area contributed by atoms with Gasteiger partial charge in [-0.2, -0.15) is 0 Å². The van der Waals surface area contributed by atoms with Crippen LogP contribution < -0.4 is 5.32 Å². The van der Waals surface area contributed by atoms with Crippen LogP contribution in [0.5, 0.6) is 0 Å². The van der Waals surface area contributed by atoms with Crippen LogP contribution in [0, 0.1) is 5.92 Å². The first-order chi connectivity index (χ1) is 5.66. The summed E-state index contributed by atoms with van der Waals surface area (Å²) in [6, 6.07) is 0. The lowest BCUT2D eigenvalue weighted by molar-refractivity contribution is -0.0842. The fourth-order valence-corrected chi connectivity index (χ4v) is 1.42. The lowest BCUT2D eigenvalue weighted by atomic mass is 9.89. The molecule has 0 aliphatic carbocycles. The van der Waals surface area contributed by atoms with Crippen LogP contribution in [0.25, 0.3) is 0 Å². The third kappa shape index (κ3) is 1.94. The molecule has 0 aromatic rings. The van der Waals surface area contributed by atoms with Crippen LogP contribution in [0.4, 0.5) is 0 Å². The topological polar surface area (TPSA) is 93.0 Å². The summed E-state index contributed by atoms with van der Waals surface area (Å²) in [6.07, 6.45) is -2.78. The number of aliphatic hydroxyl groups excluding tert-OH is 4. The highest BCUT2D eigenvalue weighted by Crippen LogP contribution is 2.15. The third-order valence-electron chi connectivity index (χ3n) is 2.25. The molecular formula is C7H15NO4. The van der Waals surface area contributed by atoms with Crippen molar-refractivity contribution in [3.63, 3.8) is 0 Å². The molecular weight excluding hydrogens is 162 g/mol. The third-order valence-corrected chi connectivity index (χ3v) is 2.25. The van der Waals surface area contributed by atoms with Crippen molar-refractivity contribution in [2.75, 3.05) is 19.7 Å². The standard InChI is InChI=1S/C7H15NO4/c9-3-6(11)4-1-8-2-5(10)7(4)12/h4-12H,1-3H2. The van der Waals surface area contributed by atoms with E-state index in [0.717, 1.165) is 0 Å². The molecule has 1 rings (SSSR count). The van der Waals surface area contributed by atoms with Gasteiger partial charge in [0.25, 0.3) is 0 Å². The highest BCUT2D eigenvalue weighted by molar-refractivity contribution is 4.87. The van der Waals surface area contributed by atoms with Gasteiger partial charge in [-0.25, -0.2) is 0 Å². The zero-order chi connectivity index (χ0) is 9.14. The minimum absolute atomic E-state index is 0.329. The Morgan fingerprint density at radius 1 is 1.33 bits per heavy atom. The van der Waals surface area contributed by atoms with Gasteiger partial charge in [-0.1, -0.05) is 0 Å². The highest BCUT2D eigenvalue weighted by atomic mass is 16.3. The van der Waals surface area contributed by atoms with Gasteiger partial charge in [-0.05, 0) is 0 Å². The summed E-state index contributed by atoms with van der Waals surface area (Å²) in [5.74, 6) is -0.487. The largest absolute Gasteiger partial charge is 0.394 e. The van der Waals surface area contributed by atoms with E-state index in [1.54, 1.807) is 0 Å². The van der Waals surface area contributed by atoms with E-state index < -0.39 is 30.8 Å². The Bertz CT molecular complexity index is 143. The molecule has 72 valence electrons. The Labute approximate surface area is 70.6 Å². The van der Waals surface area contributed by atoms with E-state index in [1.165, 1.54) is 0 Å². The van der Waals surface area contributed by atoms with E-state index in [4.69, 9.17) is 5.11 Å². The van der Waals surface area contributed by atoms with E-state index in [-0.39, 0.29) is 0 Å². The molecule has 0 radical (unpaired) electrons. The normalized spacial score (nSPS) is 39.5. The van der Waals surface area contributed by atoms with E-state index in [0.29, 0.717) is 13.1 Å². The van der Waals surface area contributed by atoms with Gasteiger partial charge in [-0.15, -0.1) is 0 Å². The molecule has 0 bridgehead atoms. The van der Waals surface area contributed by atoms with Gasteiger partial charge in [0.15, 0.2) is 0 Å². The molecule has 5 heteroatoms. The van der Waals surface area contributed by atoms with Gasteiger partial charge >= 0.3 is 0 Å². The molecule has 0 saturated carbocycles. The van der Waals surface area contributed by atoms with Crippen LogP contribution in [0.2, 0.25) is 0 Å². The lowest BCUT2D eigenvalue weighted by Crippen LogP contribution is -2.54. The quantitative estimate of drug-likeness (QED) is 0.316. The summed E-state index contributed by atoms with van der Waals surface area (Å²) in [6.45, 7) is 0.353. The Kier molecular flexibility index (Phi) is 3.42. The number of hydrogen-bond acceptors (Lipinski definition) is 5. The molecule has 0 spiro atoms. The van der Waals surface area contributed by atoms with Crippen molar-refractivity contribution >= 4 is 0 Å². The van der Waals surface area contributed by atoms with Crippen molar-refractivity contribution in [1.82, 2.24) is 5.32 Å². The SMILES string of the molecule is OCC(O)C1CNCC(O)C1O. The monoisotopic (exact) mass is 177 g/mol. The summed E-state index contributed by atoms with van der Waals surface area (Å²) in [4.78, 5) is 0. The van der Waals surface area contributed by atoms with E-state index in [2.05, 4.69) is 5.32 Å². The molecule has 1 heterocycles. The fourth-order valence-electron chi connectivity index (χ4n) is 1.42. The van der Waals surface area contributed by atoms with Crippen molar-refractivity contribution in [2.45, 2.75) is 18.3 Å². The average molecular weight is 177 g/mol. The number of rotatable bonds is 2. The second-order valence-electron chi connectivity index (χ2n) is 3.13. The van der Waals surface area contributed by atoms with Crippen molar-refractivity contribution in [3.8, 4) is 0 Å². The first-order valence-corrected chi connectivity index (χ1v) is 4.02. The molecule has 1 fully saturated rings. The van der Waals surface area contributed by atoms with Crippen LogP contribution in [0.1, 0.15) is 0 Å². The first-order valence-electron chi connectivity index (χ1n) is 4.02. The molecule has 1 saturated heterocycles. The van der Waals surface area contributed by atoms with Crippen molar-refractivity contribution in [3.05, 3.63) is 0 Å². The maximum absolute atomic E-state index is 9.38. The van der Waals surface area contributed by atoms with Gasteiger partial charge in [-0.3, -0.25) is 0 Å². The summed E-state index contributed by atoms with van der Waals surface area (Å²) in [7, 11) is 0. The minimum Gasteiger partial charge on any atom is -0.394 e. The van der Waals surface area contributed by atoms with Crippen molar-refractivity contribution < 1.29 is 20.4 Å². The molecule has 1 aliphatic heterocycles. The predicted octanol–water partition coefficient (Wildman–Crippen LogP) is -2.72. The second-order valence-corrected chi connectivity index (χ2v) is 3.13. The van der Waals surface area contributed by atoms with Crippen LogP contribution >= 0.6 is 0 Å². The average Bonchev–Trinajstić information content (AvgIpc) is 2.08. The fraction of sp³-hybridized carbons (Fsp3) is 1.00. The van der Waals surface area contributed by atoms with E-state index in [1.807, 2.05) is 0 Å². The van der Waals surface area contributed by atoms with Crippen LogP contribution in [-0.4, -0.2) is 58.4 Å². The van der Waals surface area contributed by atoms with Gasteiger partial charge in [0.1, 0.15) is 0 Å². The molecule has 4 unspecified atom stereocenters. The van der Waals surface area contributed by atoms with Gasteiger partial charge in [0.2, 0.25) is 0 Å². The van der Waals surface area contributed by atoms with Crippen molar-refractivity contribution in [1.29, 1.82) is 0 Å². The maximum Gasteiger partial charge on any atom is 0.0927 e. The molecule has 12 heavy (non-hydrogen) atoms. The predicted molar refractivity (Wildman–Crippen MR) is 41.5 cm³/mol. The summed E-state index contributed by atoms with van der Waals surface area (Å²) < 4.78 is 0. The van der Waals surface area contributed by atoms with E-state index >= 15 is 0 Å². The van der Waals surface area contributed by atoms with Crippen LogP contribution in [0.15, 0.2) is 0 Å². The van der Waals surface area contributed by atoms with E-state index in [9.17, 15) is 15.3 Å². The second kappa shape index (κ2) is 4.15. The summed E-state index contributed by atoms with van der Waals surface area (Å²) >= 11 is 0. The Morgan fingerprint density at radius 3 is 2.58 bits per heavy atom. The Balaban J connectivity index is 2.51. The lowest BCUT2D eigenvalue weighted by Gasteiger charge is -2.34. The molecule has 1 aliphatic rings. The zero-order valence-corrected chi connectivity index (χ0v) is 6.72. The number of β-amino-alcohol motifs (C(OH)–C–C–N with tert-alkyl or cyclic N) is 1. The molecule has 0 aromatic carbocycles. The summed E-state index contributed by atoms with van der Waals surface area (Å²) in [5.41, 5.74) is 0. The van der Waals surface area contributed by atoms with Crippen molar-refractivity contribution in [2.24, 2.45) is 5.92 Å². The van der Waals surface area contributed by atoms with Crippen LogP contribution in [-0.2, 0) is 0 Å². The Morgan fingerprint density at radius 2 is 2.00 bits per heavy atom. The Hall–Kier alpha value is -0.200. The highest BCUT2D eigenvalue weighted by Gasteiger charge is 2.34.